The highest BCUT2D eigenvalue weighted by molar-refractivity contribution is 5.83. The van der Waals surface area contributed by atoms with Crippen LogP contribution in [-0.2, 0) is 17.6 Å². The number of ether oxygens (including phenoxy) is 1. The normalized spacial score (nSPS) is 12.9. The molecule has 0 saturated heterocycles. The molecule has 0 aliphatic rings. The quantitative estimate of drug-likeness (QED) is 0.611. The monoisotopic (exact) mass is 369 g/mol. The summed E-state index contributed by atoms with van der Waals surface area (Å²) in [5.41, 5.74) is 1.58. The molecule has 0 spiro atoms. The third-order valence-electron chi connectivity index (χ3n) is 4.14. The van der Waals surface area contributed by atoms with Gasteiger partial charge in [-0.2, -0.15) is 5.10 Å². The highest BCUT2D eigenvalue weighted by Gasteiger charge is 2.24. The maximum Gasteiger partial charge on any atom is 0.408 e. The molecule has 1 amide bonds. The molecule has 7 nitrogen and oxygen atoms in total. The van der Waals surface area contributed by atoms with Crippen LogP contribution in [0.5, 0.6) is 0 Å². The van der Waals surface area contributed by atoms with Crippen LogP contribution >= 0.6 is 0 Å². The molecule has 1 atom stereocenters. The van der Waals surface area contributed by atoms with Crippen molar-refractivity contribution in [1.82, 2.24) is 25.5 Å². The van der Waals surface area contributed by atoms with E-state index in [1.165, 1.54) is 0 Å². The molecule has 0 aliphatic carbocycles. The number of benzene rings is 1. The molecule has 7 heteroatoms. The van der Waals surface area contributed by atoms with Crippen LogP contribution < -0.4 is 5.32 Å². The predicted octanol–water partition coefficient (Wildman–Crippen LogP) is 4.05. The SMILES string of the molecule is CCCc1nc(C(Cc2c[nH]c3ccccc23)NC(=O)OC(C)(C)C)n[nH]1. The predicted molar refractivity (Wildman–Crippen MR) is 104 cm³/mol. The number of para-hydroxylation sites is 1. The Bertz CT molecular complexity index is 906. The van der Waals surface area contributed by atoms with Gasteiger partial charge in [-0.25, -0.2) is 9.78 Å². The van der Waals surface area contributed by atoms with Gasteiger partial charge in [0.25, 0.3) is 0 Å². The van der Waals surface area contributed by atoms with E-state index in [0.717, 1.165) is 35.1 Å². The third-order valence-corrected chi connectivity index (χ3v) is 4.14. The van der Waals surface area contributed by atoms with E-state index < -0.39 is 11.7 Å². The summed E-state index contributed by atoms with van der Waals surface area (Å²) in [6, 6.07) is 7.70. The summed E-state index contributed by atoms with van der Waals surface area (Å²) < 4.78 is 5.43. The Morgan fingerprint density at radius 3 is 2.81 bits per heavy atom. The topological polar surface area (TPSA) is 95.7 Å². The van der Waals surface area contributed by atoms with E-state index in [-0.39, 0.29) is 6.04 Å². The second-order valence-electron chi connectivity index (χ2n) is 7.65. The summed E-state index contributed by atoms with van der Waals surface area (Å²) in [5.74, 6) is 1.39. The number of carbonyl (C=O) groups is 1. The lowest BCUT2D eigenvalue weighted by atomic mass is 10.0. The molecule has 1 unspecified atom stereocenters. The number of hydrogen-bond donors (Lipinski definition) is 3. The van der Waals surface area contributed by atoms with Crippen LogP contribution in [0.4, 0.5) is 4.79 Å². The average molecular weight is 369 g/mol. The molecule has 0 saturated carbocycles. The fourth-order valence-corrected chi connectivity index (χ4v) is 2.99. The molecule has 0 radical (unpaired) electrons. The van der Waals surface area contributed by atoms with Crippen LogP contribution in [0.3, 0.4) is 0 Å². The molecule has 3 rings (SSSR count). The summed E-state index contributed by atoms with van der Waals surface area (Å²) in [6.45, 7) is 7.61. The van der Waals surface area contributed by atoms with Gasteiger partial charge in [0.05, 0.1) is 6.04 Å². The average Bonchev–Trinajstić information content (AvgIpc) is 3.20. The second-order valence-corrected chi connectivity index (χ2v) is 7.65. The van der Waals surface area contributed by atoms with Gasteiger partial charge in [-0.3, -0.25) is 5.10 Å². The molecular weight excluding hydrogens is 342 g/mol. The van der Waals surface area contributed by atoms with Gasteiger partial charge in [-0.15, -0.1) is 0 Å². The lowest BCUT2D eigenvalue weighted by molar-refractivity contribution is 0.0501. The molecule has 0 fully saturated rings. The van der Waals surface area contributed by atoms with Crippen LogP contribution in [0, 0.1) is 0 Å². The van der Waals surface area contributed by atoms with Crippen molar-refractivity contribution in [2.45, 2.75) is 58.6 Å². The van der Waals surface area contributed by atoms with Crippen LogP contribution in [0.25, 0.3) is 10.9 Å². The number of aromatic nitrogens is 4. The van der Waals surface area contributed by atoms with Gasteiger partial charge < -0.3 is 15.0 Å². The van der Waals surface area contributed by atoms with E-state index in [1.54, 1.807) is 0 Å². The number of alkyl carbamates (subject to hydrolysis) is 1. The van der Waals surface area contributed by atoms with Gasteiger partial charge in [0.15, 0.2) is 5.82 Å². The number of fused-ring (bicyclic) bond motifs is 1. The van der Waals surface area contributed by atoms with Crippen LogP contribution in [-0.4, -0.2) is 31.9 Å². The summed E-state index contributed by atoms with van der Waals surface area (Å²) in [5, 5.41) is 11.3. The number of aromatic amines is 2. The molecule has 0 bridgehead atoms. The Morgan fingerprint density at radius 1 is 1.30 bits per heavy atom. The molecule has 27 heavy (non-hydrogen) atoms. The van der Waals surface area contributed by atoms with Crippen molar-refractivity contribution in [3.63, 3.8) is 0 Å². The first-order valence-electron chi connectivity index (χ1n) is 9.31. The Morgan fingerprint density at radius 2 is 2.07 bits per heavy atom. The summed E-state index contributed by atoms with van der Waals surface area (Å²) in [4.78, 5) is 20.2. The molecule has 3 aromatic rings. The summed E-state index contributed by atoms with van der Waals surface area (Å²) in [7, 11) is 0. The van der Waals surface area contributed by atoms with Crippen molar-refractivity contribution in [3.8, 4) is 0 Å². The molecule has 0 aliphatic heterocycles. The van der Waals surface area contributed by atoms with E-state index in [0.29, 0.717) is 12.2 Å². The largest absolute Gasteiger partial charge is 0.444 e. The minimum absolute atomic E-state index is 0.388. The van der Waals surface area contributed by atoms with Crippen molar-refractivity contribution in [2.75, 3.05) is 0 Å². The minimum atomic E-state index is -0.568. The number of aryl methyl sites for hydroxylation is 1. The highest BCUT2D eigenvalue weighted by atomic mass is 16.6. The first-order valence-corrected chi connectivity index (χ1v) is 9.31. The van der Waals surface area contributed by atoms with E-state index in [9.17, 15) is 4.79 Å². The van der Waals surface area contributed by atoms with E-state index in [2.05, 4.69) is 38.5 Å². The van der Waals surface area contributed by atoms with Crippen LogP contribution in [0.15, 0.2) is 30.5 Å². The van der Waals surface area contributed by atoms with Crippen molar-refractivity contribution in [1.29, 1.82) is 0 Å². The summed E-state index contributed by atoms with van der Waals surface area (Å²) in [6.07, 6.45) is 3.84. The zero-order valence-electron chi connectivity index (χ0n) is 16.3. The first-order chi connectivity index (χ1) is 12.9. The van der Waals surface area contributed by atoms with E-state index in [4.69, 9.17) is 4.74 Å². The molecular formula is C20H27N5O2. The minimum Gasteiger partial charge on any atom is -0.444 e. The zero-order chi connectivity index (χ0) is 19.4. The summed E-state index contributed by atoms with van der Waals surface area (Å²) >= 11 is 0. The van der Waals surface area contributed by atoms with Gasteiger partial charge in [-0.05, 0) is 38.8 Å². The molecule has 144 valence electrons. The van der Waals surface area contributed by atoms with Crippen molar-refractivity contribution in [3.05, 3.63) is 47.7 Å². The van der Waals surface area contributed by atoms with Crippen molar-refractivity contribution >= 4 is 17.0 Å². The number of rotatable bonds is 6. The van der Waals surface area contributed by atoms with Crippen molar-refractivity contribution < 1.29 is 9.53 Å². The Hall–Kier alpha value is -2.83. The lowest BCUT2D eigenvalue weighted by Gasteiger charge is -2.22. The van der Waals surface area contributed by atoms with E-state index >= 15 is 0 Å². The van der Waals surface area contributed by atoms with Gasteiger partial charge >= 0.3 is 6.09 Å². The molecule has 2 aromatic heterocycles. The second kappa shape index (κ2) is 7.82. The smallest absolute Gasteiger partial charge is 0.408 e. The third kappa shape index (κ3) is 4.87. The maximum atomic E-state index is 12.4. The maximum absolute atomic E-state index is 12.4. The number of nitrogens with zero attached hydrogens (tertiary/aromatic N) is 2. The van der Waals surface area contributed by atoms with Crippen molar-refractivity contribution in [2.24, 2.45) is 0 Å². The number of nitrogens with one attached hydrogen (secondary N) is 3. The molecule has 3 N–H and O–H groups in total. The first kappa shape index (κ1) is 18.9. The fourth-order valence-electron chi connectivity index (χ4n) is 2.99. The van der Waals surface area contributed by atoms with E-state index in [1.807, 2.05) is 45.2 Å². The number of H-pyrrole nitrogens is 2. The van der Waals surface area contributed by atoms with Crippen LogP contribution in [0.2, 0.25) is 0 Å². The number of carbonyl (C=O) groups excluding carboxylic acids is 1. The number of amides is 1. The molecule has 1 aromatic carbocycles. The Balaban J connectivity index is 1.85. The zero-order valence-corrected chi connectivity index (χ0v) is 16.3. The van der Waals surface area contributed by atoms with Crippen LogP contribution in [0.1, 0.15) is 57.4 Å². The van der Waals surface area contributed by atoms with Gasteiger partial charge in [0.2, 0.25) is 0 Å². The fraction of sp³-hybridized carbons (Fsp3) is 0.450. The highest BCUT2D eigenvalue weighted by Crippen LogP contribution is 2.23. The standard InChI is InChI=1S/C20H27N5O2/c1-5-8-17-23-18(25-24-17)16(22-19(26)27-20(2,3)4)11-13-12-21-15-10-7-6-9-14(13)15/h6-7,9-10,12,16,21H,5,8,11H2,1-4H3,(H,22,26)(H,23,24,25). The van der Waals surface area contributed by atoms with Gasteiger partial charge in [0, 0.05) is 29.9 Å². The Kier molecular flexibility index (Phi) is 5.48. The lowest BCUT2D eigenvalue weighted by Crippen LogP contribution is -2.36. The number of hydrogen-bond acceptors (Lipinski definition) is 4. The van der Waals surface area contributed by atoms with Gasteiger partial charge in [-0.1, -0.05) is 25.1 Å². The Labute approximate surface area is 158 Å². The molecule has 2 heterocycles. The van der Waals surface area contributed by atoms with Gasteiger partial charge in [0.1, 0.15) is 11.4 Å².